The molecule has 4 aromatic rings. The molecule has 2 aromatic heterocycles. The standard InChI is InChI=1S/C15H15N3OS.C11H9N3S/c1-9(2)14(19)17-11-7-8-16-13(11)15-18-10-5-3-4-6-12(10)20-15;12-7-5-6-13-10(7)11-14-8-3-1-2-4-9(8)15-11/h3-7,9H,8H2,1-2H3,(H,17,19);1-5H,6,12H2. The van der Waals surface area contributed by atoms with E-state index in [0.717, 1.165) is 48.6 Å². The normalized spacial score (nSPS) is 14.9. The minimum Gasteiger partial charge on any atom is -0.397 e. The van der Waals surface area contributed by atoms with Crippen molar-refractivity contribution in [3.05, 3.63) is 82.1 Å². The van der Waals surface area contributed by atoms with Gasteiger partial charge in [0.2, 0.25) is 5.91 Å². The molecule has 2 aromatic carbocycles. The number of carbonyl (C=O) groups is 1. The van der Waals surface area contributed by atoms with Crippen LogP contribution in [0.25, 0.3) is 20.4 Å². The van der Waals surface area contributed by atoms with Crippen molar-refractivity contribution in [2.75, 3.05) is 13.1 Å². The number of hydrogen-bond acceptors (Lipinski definition) is 8. The van der Waals surface area contributed by atoms with Gasteiger partial charge in [-0.15, -0.1) is 22.7 Å². The monoisotopic (exact) mass is 500 g/mol. The summed E-state index contributed by atoms with van der Waals surface area (Å²) >= 11 is 3.24. The third-order valence-electron chi connectivity index (χ3n) is 5.41. The van der Waals surface area contributed by atoms with Gasteiger partial charge in [-0.05, 0) is 36.4 Å². The molecule has 0 spiro atoms. The number of benzene rings is 2. The van der Waals surface area contributed by atoms with E-state index in [0.29, 0.717) is 13.1 Å². The zero-order valence-electron chi connectivity index (χ0n) is 19.4. The molecule has 0 fully saturated rings. The number of nitrogens with one attached hydrogen (secondary N) is 1. The van der Waals surface area contributed by atoms with E-state index < -0.39 is 0 Å². The smallest absolute Gasteiger partial charge is 0.226 e. The van der Waals surface area contributed by atoms with Gasteiger partial charge in [0.1, 0.15) is 21.4 Å². The molecular weight excluding hydrogens is 476 g/mol. The van der Waals surface area contributed by atoms with Gasteiger partial charge in [-0.3, -0.25) is 14.8 Å². The summed E-state index contributed by atoms with van der Waals surface area (Å²) in [6.45, 7) is 5.02. The highest BCUT2D eigenvalue weighted by Crippen LogP contribution is 2.26. The quantitative estimate of drug-likeness (QED) is 0.424. The zero-order valence-corrected chi connectivity index (χ0v) is 21.0. The summed E-state index contributed by atoms with van der Waals surface area (Å²) in [5.74, 6) is -0.0416. The van der Waals surface area contributed by atoms with E-state index in [4.69, 9.17) is 5.73 Å². The van der Waals surface area contributed by atoms with Crippen molar-refractivity contribution in [2.45, 2.75) is 13.8 Å². The maximum absolute atomic E-state index is 11.8. The molecule has 0 aliphatic carbocycles. The topological polar surface area (TPSA) is 106 Å². The molecule has 2 aliphatic rings. The second-order valence-electron chi connectivity index (χ2n) is 8.27. The van der Waals surface area contributed by atoms with Gasteiger partial charge in [-0.25, -0.2) is 9.97 Å². The lowest BCUT2D eigenvalue weighted by atomic mass is 10.2. The van der Waals surface area contributed by atoms with Gasteiger partial charge in [0.15, 0.2) is 0 Å². The Morgan fingerprint density at radius 2 is 1.40 bits per heavy atom. The third kappa shape index (κ3) is 4.91. The lowest BCUT2D eigenvalue weighted by Gasteiger charge is -2.09. The molecule has 35 heavy (non-hydrogen) atoms. The fourth-order valence-electron chi connectivity index (χ4n) is 3.54. The largest absolute Gasteiger partial charge is 0.397 e. The molecule has 176 valence electrons. The van der Waals surface area contributed by atoms with Crippen LogP contribution in [0.2, 0.25) is 0 Å². The SMILES string of the molecule is CC(C)C(=O)NC1=CCN=C1c1nc2ccccc2s1.NC1=CCN=C1c1nc2ccccc2s1. The first-order valence-corrected chi connectivity index (χ1v) is 12.9. The van der Waals surface area contributed by atoms with Crippen LogP contribution >= 0.6 is 22.7 Å². The van der Waals surface area contributed by atoms with Gasteiger partial charge in [-0.1, -0.05) is 38.1 Å². The van der Waals surface area contributed by atoms with Crippen LogP contribution in [0.1, 0.15) is 23.9 Å². The summed E-state index contributed by atoms with van der Waals surface area (Å²) in [6.07, 6.45) is 3.85. The Kier molecular flexibility index (Phi) is 6.52. The van der Waals surface area contributed by atoms with Crippen LogP contribution < -0.4 is 11.1 Å². The van der Waals surface area contributed by atoms with Crippen molar-refractivity contribution in [3.8, 4) is 0 Å². The number of fused-ring (bicyclic) bond motifs is 2. The van der Waals surface area contributed by atoms with Crippen molar-refractivity contribution in [2.24, 2.45) is 21.6 Å². The highest BCUT2D eigenvalue weighted by molar-refractivity contribution is 7.20. The second-order valence-corrected chi connectivity index (χ2v) is 10.3. The molecule has 0 bridgehead atoms. The molecule has 0 atom stereocenters. The molecule has 0 saturated heterocycles. The maximum Gasteiger partial charge on any atom is 0.226 e. The van der Waals surface area contributed by atoms with E-state index in [-0.39, 0.29) is 11.8 Å². The number of aliphatic imine (C=N–C) groups is 2. The van der Waals surface area contributed by atoms with Crippen LogP contribution in [-0.2, 0) is 4.79 Å². The Bertz CT molecular complexity index is 1470. The number of nitrogens with zero attached hydrogens (tertiary/aromatic N) is 4. The first-order chi connectivity index (χ1) is 17.0. The molecule has 6 rings (SSSR count). The fourth-order valence-corrected chi connectivity index (χ4v) is 5.53. The van der Waals surface area contributed by atoms with Gasteiger partial charge in [0, 0.05) is 5.92 Å². The molecule has 0 unspecified atom stereocenters. The molecule has 7 nitrogen and oxygen atoms in total. The highest BCUT2D eigenvalue weighted by Gasteiger charge is 2.21. The number of amides is 1. The predicted octanol–water partition coefficient (Wildman–Crippen LogP) is 4.70. The molecule has 1 amide bonds. The van der Waals surface area contributed by atoms with E-state index in [1.807, 2.05) is 68.5 Å². The molecular formula is C26H24N6OS2. The van der Waals surface area contributed by atoms with Gasteiger partial charge in [0.25, 0.3) is 0 Å². The lowest BCUT2D eigenvalue weighted by molar-refractivity contribution is -0.123. The average molecular weight is 501 g/mol. The van der Waals surface area contributed by atoms with E-state index in [1.54, 1.807) is 22.7 Å². The minimum absolute atomic E-state index is 0.00645. The summed E-state index contributed by atoms with van der Waals surface area (Å²) in [7, 11) is 0. The number of para-hydroxylation sites is 2. The summed E-state index contributed by atoms with van der Waals surface area (Å²) in [5, 5.41) is 4.71. The number of allylic oxidation sites excluding steroid dienone is 2. The first kappa shape index (κ1) is 23.1. The van der Waals surface area contributed by atoms with E-state index in [9.17, 15) is 4.79 Å². The molecule has 0 saturated carbocycles. The number of hydrogen-bond donors (Lipinski definition) is 2. The summed E-state index contributed by atoms with van der Waals surface area (Å²) in [6, 6.07) is 16.1. The second kappa shape index (κ2) is 9.89. The third-order valence-corrected chi connectivity index (χ3v) is 7.50. The van der Waals surface area contributed by atoms with Crippen LogP contribution in [0.5, 0.6) is 0 Å². The van der Waals surface area contributed by atoms with Crippen molar-refractivity contribution in [3.63, 3.8) is 0 Å². The summed E-state index contributed by atoms with van der Waals surface area (Å²) < 4.78 is 2.31. The van der Waals surface area contributed by atoms with Crippen LogP contribution in [0.15, 0.2) is 82.1 Å². The van der Waals surface area contributed by atoms with Crippen LogP contribution in [0, 0.1) is 5.92 Å². The van der Waals surface area contributed by atoms with Gasteiger partial charge in [-0.2, -0.15) is 0 Å². The number of nitrogens with two attached hydrogens (primary N) is 1. The van der Waals surface area contributed by atoms with Gasteiger partial charge < -0.3 is 11.1 Å². The predicted molar refractivity (Wildman–Crippen MR) is 145 cm³/mol. The Morgan fingerprint density at radius 3 is 1.94 bits per heavy atom. The fraction of sp³-hybridized carbons (Fsp3) is 0.192. The molecule has 9 heteroatoms. The Hall–Kier alpha value is -3.69. The van der Waals surface area contributed by atoms with Crippen molar-refractivity contribution in [1.82, 2.24) is 15.3 Å². The Labute approximate surface area is 210 Å². The van der Waals surface area contributed by atoms with Crippen LogP contribution in [-0.4, -0.2) is 40.4 Å². The first-order valence-electron chi connectivity index (χ1n) is 11.3. The number of thiazole rings is 2. The van der Waals surface area contributed by atoms with Crippen LogP contribution in [0.4, 0.5) is 0 Å². The zero-order chi connectivity index (χ0) is 24.4. The molecule has 0 radical (unpaired) electrons. The summed E-state index contributed by atoms with van der Waals surface area (Å²) in [4.78, 5) is 29.7. The summed E-state index contributed by atoms with van der Waals surface area (Å²) in [5.41, 5.74) is 11.0. The number of aromatic nitrogens is 2. The minimum atomic E-state index is -0.0480. The maximum atomic E-state index is 11.8. The van der Waals surface area contributed by atoms with Gasteiger partial charge >= 0.3 is 0 Å². The Balaban J connectivity index is 0.000000151. The van der Waals surface area contributed by atoms with E-state index >= 15 is 0 Å². The van der Waals surface area contributed by atoms with Crippen molar-refractivity contribution >= 4 is 60.4 Å². The van der Waals surface area contributed by atoms with Crippen molar-refractivity contribution < 1.29 is 4.79 Å². The van der Waals surface area contributed by atoms with Gasteiger partial charge in [0.05, 0.1) is 44.9 Å². The van der Waals surface area contributed by atoms with Crippen molar-refractivity contribution in [1.29, 1.82) is 0 Å². The number of carbonyl (C=O) groups excluding carboxylic acids is 1. The Morgan fingerprint density at radius 1 is 0.857 bits per heavy atom. The molecule has 4 heterocycles. The number of rotatable bonds is 4. The van der Waals surface area contributed by atoms with E-state index in [2.05, 4.69) is 31.3 Å². The molecule has 2 aliphatic heterocycles. The lowest BCUT2D eigenvalue weighted by Crippen LogP contribution is -2.30. The average Bonchev–Trinajstić information content (AvgIpc) is 3.64. The molecule has 3 N–H and O–H groups in total. The van der Waals surface area contributed by atoms with E-state index in [1.165, 1.54) is 4.70 Å². The highest BCUT2D eigenvalue weighted by atomic mass is 32.1. The van der Waals surface area contributed by atoms with Crippen LogP contribution in [0.3, 0.4) is 0 Å².